The van der Waals surface area contributed by atoms with Crippen LogP contribution in [-0.4, -0.2) is 18.1 Å². The maximum absolute atomic E-state index is 5.53. The van der Waals surface area contributed by atoms with Gasteiger partial charge in [-0.05, 0) is 0 Å². The standard InChI is InChI=1S/C5H7ClN2OS/c6-4-3-10-5(8-4)9-2-1-7/h3H,1-2,7H2. The lowest BCUT2D eigenvalue weighted by atomic mass is 10.7. The topological polar surface area (TPSA) is 48.1 Å². The zero-order valence-electron chi connectivity index (χ0n) is 5.21. The summed E-state index contributed by atoms with van der Waals surface area (Å²) in [5.74, 6) is 0. The Kier molecular flexibility index (Phi) is 2.92. The van der Waals surface area contributed by atoms with E-state index < -0.39 is 0 Å². The maximum atomic E-state index is 5.53. The molecule has 0 spiro atoms. The summed E-state index contributed by atoms with van der Waals surface area (Å²) in [6.07, 6.45) is 0. The van der Waals surface area contributed by atoms with Crippen molar-refractivity contribution in [2.45, 2.75) is 0 Å². The van der Waals surface area contributed by atoms with Crippen molar-refractivity contribution in [2.24, 2.45) is 5.73 Å². The van der Waals surface area contributed by atoms with E-state index in [1.54, 1.807) is 5.38 Å². The van der Waals surface area contributed by atoms with Crippen LogP contribution in [0.3, 0.4) is 0 Å². The normalized spacial score (nSPS) is 9.80. The second kappa shape index (κ2) is 3.75. The molecular formula is C5H7ClN2OS. The third kappa shape index (κ3) is 2.13. The molecule has 1 aromatic rings. The van der Waals surface area contributed by atoms with E-state index in [1.165, 1.54) is 11.3 Å². The number of rotatable bonds is 3. The van der Waals surface area contributed by atoms with Gasteiger partial charge in [0, 0.05) is 11.9 Å². The second-order valence-corrected chi connectivity index (χ2v) is 2.78. The number of thiazole rings is 1. The predicted molar refractivity (Wildman–Crippen MR) is 41.7 cm³/mol. The Hall–Kier alpha value is -0.320. The molecule has 3 nitrogen and oxygen atoms in total. The highest BCUT2D eigenvalue weighted by Gasteiger charge is 1.97. The zero-order chi connectivity index (χ0) is 7.40. The van der Waals surface area contributed by atoms with Gasteiger partial charge in [0.05, 0.1) is 0 Å². The van der Waals surface area contributed by atoms with Crippen molar-refractivity contribution in [1.82, 2.24) is 4.98 Å². The van der Waals surface area contributed by atoms with E-state index in [1.807, 2.05) is 0 Å². The van der Waals surface area contributed by atoms with Crippen LogP contribution in [0.1, 0.15) is 0 Å². The van der Waals surface area contributed by atoms with Crippen LogP contribution in [0.2, 0.25) is 5.15 Å². The van der Waals surface area contributed by atoms with Gasteiger partial charge >= 0.3 is 0 Å². The first-order valence-electron chi connectivity index (χ1n) is 2.77. The number of aromatic nitrogens is 1. The van der Waals surface area contributed by atoms with Crippen molar-refractivity contribution < 1.29 is 4.74 Å². The first kappa shape index (κ1) is 7.78. The van der Waals surface area contributed by atoms with E-state index in [4.69, 9.17) is 22.1 Å². The van der Waals surface area contributed by atoms with Crippen LogP contribution in [0.25, 0.3) is 0 Å². The van der Waals surface area contributed by atoms with Crippen LogP contribution >= 0.6 is 22.9 Å². The highest BCUT2D eigenvalue weighted by atomic mass is 35.5. The fraction of sp³-hybridized carbons (Fsp3) is 0.400. The largest absolute Gasteiger partial charge is 0.469 e. The lowest BCUT2D eigenvalue weighted by Gasteiger charge is -1.95. The summed E-state index contributed by atoms with van der Waals surface area (Å²) in [6.45, 7) is 0.987. The third-order valence-corrected chi connectivity index (χ3v) is 1.87. The molecule has 56 valence electrons. The smallest absolute Gasteiger partial charge is 0.274 e. The molecule has 0 saturated heterocycles. The first-order valence-corrected chi connectivity index (χ1v) is 4.02. The van der Waals surface area contributed by atoms with Gasteiger partial charge in [-0.25, -0.2) is 0 Å². The average molecular weight is 179 g/mol. The van der Waals surface area contributed by atoms with E-state index in [-0.39, 0.29) is 0 Å². The van der Waals surface area contributed by atoms with E-state index >= 15 is 0 Å². The second-order valence-electron chi connectivity index (χ2n) is 1.57. The van der Waals surface area contributed by atoms with Crippen LogP contribution in [0, 0.1) is 0 Å². The summed E-state index contributed by atoms with van der Waals surface area (Å²) in [4.78, 5) is 3.85. The molecule has 10 heavy (non-hydrogen) atoms. The van der Waals surface area contributed by atoms with Crippen molar-refractivity contribution in [3.8, 4) is 5.19 Å². The molecule has 1 rings (SSSR count). The van der Waals surface area contributed by atoms with Gasteiger partial charge in [-0.2, -0.15) is 4.98 Å². The SMILES string of the molecule is NCCOc1nc(Cl)cs1. The Morgan fingerprint density at radius 1 is 1.80 bits per heavy atom. The summed E-state index contributed by atoms with van der Waals surface area (Å²) in [5, 5.41) is 2.76. The molecule has 0 saturated carbocycles. The summed E-state index contributed by atoms with van der Waals surface area (Å²) in [6, 6.07) is 0. The van der Waals surface area contributed by atoms with Gasteiger partial charge in [0.15, 0.2) is 0 Å². The van der Waals surface area contributed by atoms with E-state index in [2.05, 4.69) is 4.98 Å². The van der Waals surface area contributed by atoms with Crippen LogP contribution in [0.15, 0.2) is 5.38 Å². The van der Waals surface area contributed by atoms with Gasteiger partial charge in [-0.1, -0.05) is 22.9 Å². The molecule has 5 heteroatoms. The van der Waals surface area contributed by atoms with E-state index in [9.17, 15) is 0 Å². The molecule has 1 heterocycles. The highest BCUT2D eigenvalue weighted by Crippen LogP contribution is 2.20. The molecule has 1 aromatic heterocycles. The number of halogens is 1. The van der Waals surface area contributed by atoms with Crippen LogP contribution < -0.4 is 10.5 Å². The first-order chi connectivity index (χ1) is 4.83. The molecule has 0 fully saturated rings. The maximum Gasteiger partial charge on any atom is 0.274 e. The molecular weight excluding hydrogens is 172 g/mol. The summed E-state index contributed by atoms with van der Waals surface area (Å²) in [5.41, 5.74) is 5.20. The summed E-state index contributed by atoms with van der Waals surface area (Å²) in [7, 11) is 0. The summed E-state index contributed by atoms with van der Waals surface area (Å²) < 4.78 is 5.07. The Morgan fingerprint density at radius 2 is 2.60 bits per heavy atom. The van der Waals surface area contributed by atoms with Gasteiger partial charge in [-0.3, -0.25) is 0 Å². The number of hydrogen-bond acceptors (Lipinski definition) is 4. The van der Waals surface area contributed by atoms with Crippen molar-refractivity contribution in [3.63, 3.8) is 0 Å². The number of ether oxygens (including phenoxy) is 1. The lowest BCUT2D eigenvalue weighted by Crippen LogP contribution is -2.10. The minimum Gasteiger partial charge on any atom is -0.469 e. The van der Waals surface area contributed by atoms with Gasteiger partial charge < -0.3 is 10.5 Å². The van der Waals surface area contributed by atoms with Gasteiger partial charge in [0.1, 0.15) is 11.8 Å². The zero-order valence-corrected chi connectivity index (χ0v) is 6.78. The van der Waals surface area contributed by atoms with E-state index in [0.29, 0.717) is 23.5 Å². The minimum absolute atomic E-state index is 0.469. The molecule has 0 aliphatic rings. The molecule has 0 unspecified atom stereocenters. The lowest BCUT2D eigenvalue weighted by molar-refractivity contribution is 0.326. The fourth-order valence-corrected chi connectivity index (χ4v) is 1.27. The van der Waals surface area contributed by atoms with Crippen molar-refractivity contribution in [3.05, 3.63) is 10.5 Å². The fourth-order valence-electron chi connectivity index (χ4n) is 0.451. The molecule has 2 N–H and O–H groups in total. The monoisotopic (exact) mass is 178 g/mol. The number of hydrogen-bond donors (Lipinski definition) is 1. The summed E-state index contributed by atoms with van der Waals surface area (Å²) >= 11 is 6.90. The minimum atomic E-state index is 0.469. The Morgan fingerprint density at radius 3 is 3.10 bits per heavy atom. The van der Waals surface area contributed by atoms with Gasteiger partial charge in [-0.15, -0.1) is 0 Å². The van der Waals surface area contributed by atoms with Crippen LogP contribution in [-0.2, 0) is 0 Å². The quantitative estimate of drug-likeness (QED) is 0.755. The Balaban J connectivity index is 2.42. The third-order valence-electron chi connectivity index (χ3n) is 0.798. The van der Waals surface area contributed by atoms with Crippen molar-refractivity contribution in [2.75, 3.05) is 13.2 Å². The predicted octanol–water partition coefficient (Wildman–Crippen LogP) is 1.13. The van der Waals surface area contributed by atoms with Gasteiger partial charge in [0.2, 0.25) is 0 Å². The molecule has 0 atom stereocenters. The molecule has 0 radical (unpaired) electrons. The van der Waals surface area contributed by atoms with E-state index in [0.717, 1.165) is 0 Å². The molecule has 0 aliphatic carbocycles. The van der Waals surface area contributed by atoms with Crippen LogP contribution in [0.4, 0.5) is 0 Å². The molecule has 0 amide bonds. The molecule has 0 aromatic carbocycles. The van der Waals surface area contributed by atoms with Crippen molar-refractivity contribution in [1.29, 1.82) is 0 Å². The Bertz CT molecular complexity index is 203. The number of nitrogens with two attached hydrogens (primary N) is 1. The average Bonchev–Trinajstić information content (AvgIpc) is 2.31. The molecule has 0 bridgehead atoms. The van der Waals surface area contributed by atoms with Gasteiger partial charge in [0.25, 0.3) is 5.19 Å². The Labute approximate surface area is 67.8 Å². The molecule has 0 aliphatic heterocycles. The van der Waals surface area contributed by atoms with Crippen molar-refractivity contribution >= 4 is 22.9 Å². The van der Waals surface area contributed by atoms with Crippen LogP contribution in [0.5, 0.6) is 5.19 Å². The number of nitrogens with zero attached hydrogens (tertiary/aromatic N) is 1. The highest BCUT2D eigenvalue weighted by molar-refractivity contribution is 7.11.